The maximum Gasteiger partial charge on any atom is 0.292 e. The summed E-state index contributed by atoms with van der Waals surface area (Å²) < 4.78 is 17.2. The first-order chi connectivity index (χ1) is 14.9. The van der Waals surface area contributed by atoms with Crippen molar-refractivity contribution in [1.29, 1.82) is 0 Å². The highest BCUT2D eigenvalue weighted by Gasteiger charge is 2.26. The third kappa shape index (κ3) is 4.71. The van der Waals surface area contributed by atoms with Crippen molar-refractivity contribution in [2.75, 3.05) is 31.2 Å². The normalized spacial score (nSPS) is 15.6. The molecule has 1 saturated heterocycles. The Hall–Kier alpha value is -2.93. The number of nitrogens with zero attached hydrogens (tertiary/aromatic N) is 2. The van der Waals surface area contributed by atoms with Crippen molar-refractivity contribution in [3.05, 3.63) is 41.5 Å². The van der Waals surface area contributed by atoms with Gasteiger partial charge in [0.05, 0.1) is 12.7 Å². The van der Waals surface area contributed by atoms with Crippen LogP contribution in [-0.2, 0) is 6.54 Å². The van der Waals surface area contributed by atoms with Crippen molar-refractivity contribution in [1.82, 2.24) is 9.88 Å². The molecular weight excluding hydrogens is 392 g/mol. The van der Waals surface area contributed by atoms with Gasteiger partial charge >= 0.3 is 0 Å². The summed E-state index contributed by atoms with van der Waals surface area (Å²) >= 11 is 0. The first-order valence-electron chi connectivity index (χ1n) is 11.0. The van der Waals surface area contributed by atoms with Crippen molar-refractivity contribution in [2.45, 2.75) is 52.2 Å². The third-order valence-corrected chi connectivity index (χ3v) is 5.72. The number of aromatic nitrogens is 1. The Bertz CT molecular complexity index is 1040. The van der Waals surface area contributed by atoms with E-state index in [1.165, 1.54) is 5.56 Å². The van der Waals surface area contributed by atoms with Gasteiger partial charge in [-0.25, -0.2) is 0 Å². The Balaban J connectivity index is 1.44. The van der Waals surface area contributed by atoms with E-state index in [0.29, 0.717) is 18.1 Å². The minimum Gasteiger partial charge on any atom is -0.490 e. The summed E-state index contributed by atoms with van der Waals surface area (Å²) in [6.45, 7) is 9.51. The molecular formula is C24H32N4O3. The number of oxazole rings is 1. The molecule has 0 aliphatic carbocycles. The van der Waals surface area contributed by atoms with Gasteiger partial charge in [0, 0.05) is 17.8 Å². The molecule has 0 radical (unpaired) electrons. The molecule has 0 amide bonds. The van der Waals surface area contributed by atoms with E-state index in [1.807, 2.05) is 39.0 Å². The molecule has 31 heavy (non-hydrogen) atoms. The van der Waals surface area contributed by atoms with Gasteiger partial charge in [-0.15, -0.1) is 0 Å². The lowest BCUT2D eigenvalue weighted by atomic mass is 9.87. The number of rotatable bonds is 7. The highest BCUT2D eigenvalue weighted by molar-refractivity contribution is 5.84. The second-order valence-corrected chi connectivity index (χ2v) is 8.40. The van der Waals surface area contributed by atoms with Crippen molar-refractivity contribution in [2.24, 2.45) is 0 Å². The molecule has 3 aromatic rings. The lowest BCUT2D eigenvalue weighted by Gasteiger charge is -2.32. The van der Waals surface area contributed by atoms with Crippen LogP contribution >= 0.6 is 0 Å². The van der Waals surface area contributed by atoms with Crippen LogP contribution in [0, 0.1) is 0 Å². The van der Waals surface area contributed by atoms with Crippen LogP contribution in [0.15, 0.2) is 34.7 Å². The molecule has 0 spiro atoms. The monoisotopic (exact) mass is 424 g/mol. The third-order valence-electron chi connectivity index (χ3n) is 5.72. The van der Waals surface area contributed by atoms with Crippen molar-refractivity contribution in [3.8, 4) is 11.5 Å². The van der Waals surface area contributed by atoms with Crippen LogP contribution in [0.1, 0.15) is 50.7 Å². The minimum absolute atomic E-state index is 0.112. The zero-order valence-electron chi connectivity index (χ0n) is 18.6. The van der Waals surface area contributed by atoms with Crippen LogP contribution in [0.3, 0.4) is 0 Å². The molecule has 2 aromatic carbocycles. The molecule has 1 aliphatic rings. The quantitative estimate of drug-likeness (QED) is 0.536. The van der Waals surface area contributed by atoms with E-state index < -0.39 is 0 Å². The minimum atomic E-state index is 0.112. The number of piperidine rings is 1. The summed E-state index contributed by atoms with van der Waals surface area (Å²) in [5.74, 6) is 1.96. The van der Waals surface area contributed by atoms with E-state index in [9.17, 15) is 0 Å². The number of anilines is 2. The molecule has 1 fully saturated rings. The second-order valence-electron chi connectivity index (χ2n) is 8.40. The van der Waals surface area contributed by atoms with Gasteiger partial charge in [0.15, 0.2) is 17.1 Å². The maximum atomic E-state index is 6.32. The Kier molecular flexibility index (Phi) is 6.23. The average Bonchev–Trinajstić information content (AvgIpc) is 3.11. The van der Waals surface area contributed by atoms with Crippen LogP contribution in [0.5, 0.6) is 11.5 Å². The Morgan fingerprint density at radius 3 is 2.61 bits per heavy atom. The van der Waals surface area contributed by atoms with Crippen LogP contribution in [0.2, 0.25) is 0 Å². The predicted octanol–water partition coefficient (Wildman–Crippen LogP) is 4.56. The van der Waals surface area contributed by atoms with Crippen molar-refractivity contribution < 1.29 is 13.9 Å². The van der Waals surface area contributed by atoms with Gasteiger partial charge < -0.3 is 25.4 Å². The van der Waals surface area contributed by atoms with Gasteiger partial charge in [-0.05, 0) is 82.4 Å². The number of benzene rings is 2. The summed E-state index contributed by atoms with van der Waals surface area (Å²) in [4.78, 5) is 6.85. The van der Waals surface area contributed by atoms with Crippen molar-refractivity contribution in [3.63, 3.8) is 0 Å². The van der Waals surface area contributed by atoms with E-state index >= 15 is 0 Å². The number of fused-ring (bicyclic) bond motifs is 1. The number of hydrogen-bond acceptors (Lipinski definition) is 7. The van der Waals surface area contributed by atoms with E-state index in [0.717, 1.165) is 60.7 Å². The van der Waals surface area contributed by atoms with Gasteiger partial charge in [0.2, 0.25) is 0 Å². The van der Waals surface area contributed by atoms with Crippen LogP contribution in [0.4, 0.5) is 11.7 Å². The predicted molar refractivity (Wildman–Crippen MR) is 123 cm³/mol. The molecule has 2 heterocycles. The summed E-state index contributed by atoms with van der Waals surface area (Å²) in [7, 11) is 0. The Labute approximate surface area is 183 Å². The first-order valence-corrected chi connectivity index (χ1v) is 11.0. The van der Waals surface area contributed by atoms with Gasteiger partial charge in [0.1, 0.15) is 5.52 Å². The lowest BCUT2D eigenvalue weighted by Crippen LogP contribution is -2.32. The molecule has 0 bridgehead atoms. The molecule has 0 atom stereocenters. The van der Waals surface area contributed by atoms with Crippen LogP contribution < -0.4 is 20.9 Å². The van der Waals surface area contributed by atoms with Gasteiger partial charge in [-0.3, -0.25) is 4.90 Å². The van der Waals surface area contributed by atoms with Gasteiger partial charge in [0.25, 0.3) is 6.01 Å². The van der Waals surface area contributed by atoms with E-state index in [-0.39, 0.29) is 12.1 Å². The average molecular weight is 425 g/mol. The zero-order chi connectivity index (χ0) is 22.0. The number of nitrogens with two attached hydrogens (primary N) is 2. The van der Waals surface area contributed by atoms with E-state index in [4.69, 9.17) is 25.4 Å². The summed E-state index contributed by atoms with van der Waals surface area (Å²) in [6.07, 6.45) is 2.15. The lowest BCUT2D eigenvalue weighted by molar-refractivity contribution is 0.203. The molecule has 0 unspecified atom stereocenters. The second kappa shape index (κ2) is 9.06. The summed E-state index contributed by atoms with van der Waals surface area (Å²) in [5, 5.41) is 0. The highest BCUT2D eigenvalue weighted by atomic mass is 16.5. The van der Waals surface area contributed by atoms with Gasteiger partial charge in [-0.2, -0.15) is 4.98 Å². The SMILES string of the molecule is CCOc1cc(CN2CCC(c3c(N)ccc4oc(N)nc34)CC2)ccc1OC(C)C. The Morgan fingerprint density at radius 2 is 1.90 bits per heavy atom. The fourth-order valence-corrected chi connectivity index (χ4v) is 4.38. The Morgan fingerprint density at radius 1 is 1.13 bits per heavy atom. The van der Waals surface area contributed by atoms with Gasteiger partial charge in [-0.1, -0.05) is 6.07 Å². The molecule has 7 heteroatoms. The largest absolute Gasteiger partial charge is 0.490 e. The molecule has 0 saturated carbocycles. The molecule has 4 N–H and O–H groups in total. The first kappa shape index (κ1) is 21.3. The smallest absolute Gasteiger partial charge is 0.292 e. The van der Waals surface area contributed by atoms with E-state index in [2.05, 4.69) is 22.0 Å². The van der Waals surface area contributed by atoms with Crippen molar-refractivity contribution >= 4 is 22.8 Å². The maximum absolute atomic E-state index is 6.32. The molecule has 4 rings (SSSR count). The summed E-state index contributed by atoms with van der Waals surface area (Å²) in [6, 6.07) is 10.2. The fourth-order valence-electron chi connectivity index (χ4n) is 4.38. The molecule has 7 nitrogen and oxygen atoms in total. The van der Waals surface area contributed by atoms with Crippen LogP contribution in [-0.4, -0.2) is 35.7 Å². The zero-order valence-corrected chi connectivity index (χ0v) is 18.6. The van der Waals surface area contributed by atoms with Crippen LogP contribution in [0.25, 0.3) is 11.1 Å². The highest BCUT2D eigenvalue weighted by Crippen LogP contribution is 2.38. The number of hydrogen-bond donors (Lipinski definition) is 2. The standard InChI is InChI=1S/C24H32N4O3/c1-4-29-21-13-16(5-7-19(21)30-15(2)3)14-28-11-9-17(10-12-28)22-18(25)6-8-20-23(22)27-24(26)31-20/h5-8,13,15,17H,4,9-12,14,25H2,1-3H3,(H2,26,27). The number of nitrogen functional groups attached to an aromatic ring is 2. The molecule has 1 aliphatic heterocycles. The number of likely N-dealkylation sites (tertiary alicyclic amines) is 1. The van der Waals surface area contributed by atoms with E-state index in [1.54, 1.807) is 0 Å². The number of ether oxygens (including phenoxy) is 2. The molecule has 1 aromatic heterocycles. The molecule has 166 valence electrons. The summed E-state index contributed by atoms with van der Waals surface area (Å²) in [5.41, 5.74) is 16.7. The topological polar surface area (TPSA) is 99.8 Å². The fraction of sp³-hybridized carbons (Fsp3) is 0.458.